The number of imide groups is 1. The van der Waals surface area contributed by atoms with Crippen molar-refractivity contribution in [3.05, 3.63) is 90.0 Å². The lowest BCUT2D eigenvalue weighted by Gasteiger charge is -2.38. The second-order valence-corrected chi connectivity index (χ2v) is 13.4. The summed E-state index contributed by atoms with van der Waals surface area (Å²) < 4.78 is 5.22. The van der Waals surface area contributed by atoms with Crippen LogP contribution in [0.4, 0.5) is 21.0 Å². The molecule has 5 rings (SSSR count). The molecular weight excluding hydrogens is 638 g/mol. The number of amides is 6. The molecule has 1 aliphatic carbocycles. The lowest BCUT2D eigenvalue weighted by Crippen LogP contribution is -2.53. The van der Waals surface area contributed by atoms with Crippen LogP contribution >= 0.6 is 0 Å². The van der Waals surface area contributed by atoms with E-state index in [9.17, 15) is 29.1 Å². The standard InChI is InChI=1S/C38H45N5O7/c1-25(2)22-32(34(46)41-31(23-33(44)45)27-14-18-30(50-3)19-15-27)43-35(47)38(20-8-5-9-21-38)42(37(43)49)24-26-12-16-29(17-13-26)40-36(48)39-28-10-6-4-7-11-28/h4,6-7,10-19,25,31-32H,5,8-9,20-24H2,1-3H3,(H,41,46)(H,44,45)(H2,39,40,48). The zero-order valence-electron chi connectivity index (χ0n) is 28.7. The molecule has 4 N–H and O–H groups in total. The van der Waals surface area contributed by atoms with E-state index in [1.165, 1.54) is 7.11 Å². The Labute approximate surface area is 292 Å². The van der Waals surface area contributed by atoms with Crippen molar-refractivity contribution in [2.45, 2.75) is 83.0 Å². The first-order valence-electron chi connectivity index (χ1n) is 17.0. The first-order chi connectivity index (χ1) is 24.0. The molecule has 2 fully saturated rings. The number of nitrogens with one attached hydrogen (secondary N) is 3. The highest BCUT2D eigenvalue weighted by atomic mass is 16.5. The van der Waals surface area contributed by atoms with E-state index in [4.69, 9.17) is 4.74 Å². The van der Waals surface area contributed by atoms with E-state index in [0.717, 1.165) is 29.7 Å². The van der Waals surface area contributed by atoms with Gasteiger partial charge in [0, 0.05) is 17.9 Å². The minimum absolute atomic E-state index is 0.0549. The van der Waals surface area contributed by atoms with Crippen LogP contribution in [0.2, 0.25) is 0 Å². The van der Waals surface area contributed by atoms with E-state index in [1.54, 1.807) is 65.6 Å². The molecule has 1 saturated heterocycles. The van der Waals surface area contributed by atoms with Gasteiger partial charge in [-0.1, -0.05) is 75.6 Å². The quantitative estimate of drug-likeness (QED) is 0.149. The summed E-state index contributed by atoms with van der Waals surface area (Å²) in [4.78, 5) is 70.0. The van der Waals surface area contributed by atoms with Gasteiger partial charge in [-0.15, -0.1) is 0 Å². The molecule has 6 amide bonds. The third-order valence-electron chi connectivity index (χ3n) is 9.36. The fourth-order valence-corrected chi connectivity index (χ4v) is 6.85. The van der Waals surface area contributed by atoms with Crippen LogP contribution < -0.4 is 20.7 Å². The fourth-order valence-electron chi connectivity index (χ4n) is 6.85. The molecule has 0 aromatic heterocycles. The van der Waals surface area contributed by atoms with Crippen LogP contribution in [0.15, 0.2) is 78.9 Å². The summed E-state index contributed by atoms with van der Waals surface area (Å²) in [5.74, 6) is -1.55. The third-order valence-corrected chi connectivity index (χ3v) is 9.36. The second-order valence-electron chi connectivity index (χ2n) is 13.4. The van der Waals surface area contributed by atoms with Crippen LogP contribution in [0.3, 0.4) is 0 Å². The Morgan fingerprint density at radius 2 is 1.48 bits per heavy atom. The summed E-state index contributed by atoms with van der Waals surface area (Å²) in [6.45, 7) is 3.96. The minimum Gasteiger partial charge on any atom is -0.497 e. The van der Waals surface area contributed by atoms with Crippen molar-refractivity contribution in [2.24, 2.45) is 5.92 Å². The molecule has 1 spiro atoms. The van der Waals surface area contributed by atoms with Gasteiger partial charge in [0.25, 0.3) is 5.91 Å². The smallest absolute Gasteiger partial charge is 0.328 e. The van der Waals surface area contributed by atoms with Crippen molar-refractivity contribution in [3.63, 3.8) is 0 Å². The number of hydrogen-bond acceptors (Lipinski definition) is 6. The van der Waals surface area contributed by atoms with E-state index in [1.807, 2.05) is 32.0 Å². The number of nitrogens with zero attached hydrogens (tertiary/aromatic N) is 2. The maximum atomic E-state index is 14.5. The highest BCUT2D eigenvalue weighted by molar-refractivity contribution is 6.10. The van der Waals surface area contributed by atoms with Gasteiger partial charge in [-0.25, -0.2) is 14.5 Å². The van der Waals surface area contributed by atoms with Crippen LogP contribution in [0.5, 0.6) is 5.75 Å². The van der Waals surface area contributed by atoms with Crippen LogP contribution in [0.1, 0.15) is 76.0 Å². The maximum Gasteiger partial charge on any atom is 0.328 e. The van der Waals surface area contributed by atoms with Crippen LogP contribution in [-0.2, 0) is 20.9 Å². The SMILES string of the molecule is COc1ccc(C(CC(=O)O)NC(=O)C(CC(C)C)N2C(=O)N(Cc3ccc(NC(=O)Nc4ccccc4)cc3)C3(CCCCC3)C2=O)cc1. The summed E-state index contributed by atoms with van der Waals surface area (Å²) in [5.41, 5.74) is 1.45. The Morgan fingerprint density at radius 3 is 2.06 bits per heavy atom. The highest BCUT2D eigenvalue weighted by Crippen LogP contribution is 2.43. The van der Waals surface area contributed by atoms with Gasteiger partial charge in [0.2, 0.25) is 5.91 Å². The number of hydrogen-bond donors (Lipinski definition) is 4. The molecule has 0 radical (unpaired) electrons. The molecular formula is C38H45N5O7. The largest absolute Gasteiger partial charge is 0.497 e. The Kier molecular flexibility index (Phi) is 11.4. The molecule has 2 atom stereocenters. The fraction of sp³-hybridized carbons (Fsp3) is 0.395. The van der Waals surface area contributed by atoms with E-state index < -0.39 is 47.5 Å². The van der Waals surface area contributed by atoms with Crippen molar-refractivity contribution in [1.29, 1.82) is 0 Å². The van der Waals surface area contributed by atoms with Crippen molar-refractivity contribution in [1.82, 2.24) is 15.1 Å². The maximum absolute atomic E-state index is 14.5. The van der Waals surface area contributed by atoms with Gasteiger partial charge >= 0.3 is 18.0 Å². The Morgan fingerprint density at radius 1 is 0.860 bits per heavy atom. The van der Waals surface area contributed by atoms with Crippen molar-refractivity contribution in [2.75, 3.05) is 17.7 Å². The number of aliphatic carboxylic acids is 1. The van der Waals surface area contributed by atoms with Crippen LogP contribution in [0.25, 0.3) is 0 Å². The molecule has 50 heavy (non-hydrogen) atoms. The number of para-hydroxylation sites is 1. The average molecular weight is 684 g/mol. The number of benzene rings is 3. The van der Waals surface area contributed by atoms with Crippen molar-refractivity contribution < 1.29 is 33.8 Å². The molecule has 1 aliphatic heterocycles. The Bertz CT molecular complexity index is 1670. The predicted octanol–water partition coefficient (Wildman–Crippen LogP) is 6.55. The van der Waals surface area contributed by atoms with Gasteiger partial charge in [0.1, 0.15) is 17.3 Å². The molecule has 2 aliphatic rings. The zero-order chi connectivity index (χ0) is 35.8. The number of carboxylic acids is 1. The molecule has 1 heterocycles. The zero-order valence-corrected chi connectivity index (χ0v) is 28.7. The van der Waals surface area contributed by atoms with E-state index in [-0.39, 0.29) is 25.3 Å². The summed E-state index contributed by atoms with van der Waals surface area (Å²) in [6, 6.07) is 19.9. The highest BCUT2D eigenvalue weighted by Gasteiger charge is 2.59. The van der Waals surface area contributed by atoms with Gasteiger partial charge in [0.15, 0.2) is 0 Å². The van der Waals surface area contributed by atoms with Gasteiger partial charge < -0.3 is 30.7 Å². The number of urea groups is 2. The van der Waals surface area contributed by atoms with Crippen LogP contribution in [-0.4, -0.2) is 63.4 Å². The average Bonchev–Trinajstić information content (AvgIpc) is 3.28. The van der Waals surface area contributed by atoms with Gasteiger partial charge in [0.05, 0.1) is 19.6 Å². The topological polar surface area (TPSA) is 157 Å². The lowest BCUT2D eigenvalue weighted by molar-refractivity contribution is -0.142. The first kappa shape index (κ1) is 35.9. The van der Waals surface area contributed by atoms with E-state index in [2.05, 4.69) is 16.0 Å². The molecule has 12 nitrogen and oxygen atoms in total. The molecule has 3 aromatic carbocycles. The number of carboxylic acid groups (broad SMARTS) is 1. The summed E-state index contributed by atoms with van der Waals surface area (Å²) in [6.07, 6.45) is 3.26. The van der Waals surface area contributed by atoms with E-state index >= 15 is 0 Å². The molecule has 12 heteroatoms. The summed E-state index contributed by atoms with van der Waals surface area (Å²) in [7, 11) is 1.52. The van der Waals surface area contributed by atoms with Crippen molar-refractivity contribution in [3.8, 4) is 5.75 Å². The van der Waals surface area contributed by atoms with Crippen LogP contribution in [0, 0.1) is 5.92 Å². The predicted molar refractivity (Wildman–Crippen MR) is 188 cm³/mol. The Balaban J connectivity index is 1.37. The second kappa shape index (κ2) is 15.9. The van der Waals surface area contributed by atoms with Crippen molar-refractivity contribution >= 4 is 41.2 Å². The number of rotatable bonds is 13. The number of methoxy groups -OCH3 is 1. The third kappa shape index (κ3) is 8.24. The molecule has 264 valence electrons. The van der Waals surface area contributed by atoms with Gasteiger partial charge in [-0.2, -0.15) is 0 Å². The summed E-state index contributed by atoms with van der Waals surface area (Å²) >= 11 is 0. The number of carbonyl (C=O) groups excluding carboxylic acids is 4. The molecule has 1 saturated carbocycles. The number of ether oxygens (including phenoxy) is 1. The van der Waals surface area contributed by atoms with E-state index in [0.29, 0.717) is 35.5 Å². The monoisotopic (exact) mass is 683 g/mol. The minimum atomic E-state index is -1.14. The lowest BCUT2D eigenvalue weighted by atomic mass is 9.80. The normalized spacial score (nSPS) is 16.6. The van der Waals surface area contributed by atoms with Gasteiger partial charge in [-0.3, -0.25) is 14.4 Å². The van der Waals surface area contributed by atoms with Gasteiger partial charge in [-0.05, 0) is 72.7 Å². The molecule has 2 unspecified atom stereocenters. The Hall–Kier alpha value is -5.39. The molecule has 3 aromatic rings. The number of anilines is 2. The first-order valence-corrected chi connectivity index (χ1v) is 17.0. The molecule has 0 bridgehead atoms. The number of carbonyl (C=O) groups is 5. The summed E-state index contributed by atoms with van der Waals surface area (Å²) in [5, 5.41) is 18.1.